The molecule has 2 nitrogen and oxygen atoms in total. The van der Waals surface area contributed by atoms with Crippen LogP contribution in [0.4, 0.5) is 0 Å². The molecule has 11 heavy (non-hydrogen) atoms. The third-order valence-electron chi connectivity index (χ3n) is 1.11. The van der Waals surface area contributed by atoms with Gasteiger partial charge in [0, 0.05) is 13.0 Å². The van der Waals surface area contributed by atoms with E-state index in [1.807, 2.05) is 13.8 Å². The van der Waals surface area contributed by atoms with E-state index in [2.05, 4.69) is 6.58 Å². The fourth-order valence-corrected chi connectivity index (χ4v) is 0.718. The first-order valence-electron chi connectivity index (χ1n) is 3.90. The summed E-state index contributed by atoms with van der Waals surface area (Å²) in [6.07, 6.45) is 1.41. The lowest BCUT2D eigenvalue weighted by atomic mass is 10.2. The largest absolute Gasteiger partial charge is 0.374 e. The molecule has 0 atom stereocenters. The molecule has 0 saturated heterocycles. The maximum atomic E-state index is 10.9. The van der Waals surface area contributed by atoms with Gasteiger partial charge in [0.25, 0.3) is 0 Å². The molecule has 0 amide bonds. The van der Waals surface area contributed by atoms with Crippen molar-refractivity contribution in [1.82, 2.24) is 0 Å². The lowest BCUT2D eigenvalue weighted by Crippen LogP contribution is -2.08. The summed E-state index contributed by atoms with van der Waals surface area (Å²) in [7, 11) is 0. The standard InChI is InChI=1S/C9H16O2/c1-4-5-11-7-9(10)6-8(2)3/h2,4-7H2,1,3H3. The summed E-state index contributed by atoms with van der Waals surface area (Å²) in [6.45, 7) is 8.41. The molecule has 0 fully saturated rings. The first-order chi connectivity index (χ1) is 5.16. The van der Waals surface area contributed by atoms with Gasteiger partial charge in [-0.25, -0.2) is 0 Å². The normalized spacial score (nSPS) is 9.64. The molecule has 0 unspecified atom stereocenters. The first-order valence-corrected chi connectivity index (χ1v) is 3.90. The highest BCUT2D eigenvalue weighted by Gasteiger charge is 2.00. The van der Waals surface area contributed by atoms with Gasteiger partial charge in [-0.15, -0.1) is 0 Å². The molecule has 0 radical (unpaired) electrons. The molecule has 0 saturated carbocycles. The van der Waals surface area contributed by atoms with Gasteiger partial charge in [-0.3, -0.25) is 4.79 Å². The minimum atomic E-state index is 0.117. The Hall–Kier alpha value is -0.630. The van der Waals surface area contributed by atoms with Crippen LogP contribution in [0.5, 0.6) is 0 Å². The van der Waals surface area contributed by atoms with Gasteiger partial charge in [0.05, 0.1) is 0 Å². The van der Waals surface area contributed by atoms with Gasteiger partial charge in [0.1, 0.15) is 6.61 Å². The highest BCUT2D eigenvalue weighted by molar-refractivity contribution is 5.81. The van der Waals surface area contributed by atoms with Gasteiger partial charge < -0.3 is 4.74 Å². The molecule has 0 bridgehead atoms. The molecular formula is C9H16O2. The van der Waals surface area contributed by atoms with Crippen molar-refractivity contribution in [2.45, 2.75) is 26.7 Å². The van der Waals surface area contributed by atoms with Crippen molar-refractivity contribution in [3.8, 4) is 0 Å². The Morgan fingerprint density at radius 2 is 2.18 bits per heavy atom. The van der Waals surface area contributed by atoms with Gasteiger partial charge in [-0.1, -0.05) is 19.1 Å². The van der Waals surface area contributed by atoms with Crippen LogP contribution in [0.3, 0.4) is 0 Å². The van der Waals surface area contributed by atoms with E-state index in [0.717, 1.165) is 12.0 Å². The van der Waals surface area contributed by atoms with E-state index in [9.17, 15) is 4.79 Å². The van der Waals surface area contributed by atoms with Crippen molar-refractivity contribution in [1.29, 1.82) is 0 Å². The zero-order valence-electron chi connectivity index (χ0n) is 7.35. The number of hydrogen-bond donors (Lipinski definition) is 0. The zero-order valence-corrected chi connectivity index (χ0v) is 7.35. The number of hydrogen-bond acceptors (Lipinski definition) is 2. The summed E-state index contributed by atoms with van der Waals surface area (Å²) >= 11 is 0. The Kier molecular flexibility index (Phi) is 5.75. The number of rotatable bonds is 6. The molecular weight excluding hydrogens is 140 g/mol. The second-order valence-corrected chi connectivity index (χ2v) is 2.73. The number of ketones is 1. The molecule has 0 aliphatic heterocycles. The third-order valence-corrected chi connectivity index (χ3v) is 1.11. The van der Waals surface area contributed by atoms with Gasteiger partial charge >= 0.3 is 0 Å². The Balaban J connectivity index is 3.30. The van der Waals surface area contributed by atoms with Crippen LogP contribution < -0.4 is 0 Å². The van der Waals surface area contributed by atoms with Crippen LogP contribution >= 0.6 is 0 Å². The lowest BCUT2D eigenvalue weighted by Gasteiger charge is -2.00. The zero-order chi connectivity index (χ0) is 8.69. The molecule has 2 heteroatoms. The summed E-state index contributed by atoms with van der Waals surface area (Å²) in [5, 5.41) is 0. The Labute approximate surface area is 68.2 Å². The van der Waals surface area contributed by atoms with E-state index in [1.165, 1.54) is 0 Å². The summed E-state index contributed by atoms with van der Waals surface area (Å²) in [6, 6.07) is 0. The van der Waals surface area contributed by atoms with Crippen LogP contribution in [0.15, 0.2) is 12.2 Å². The highest BCUT2D eigenvalue weighted by atomic mass is 16.5. The van der Waals surface area contributed by atoms with Crippen LogP contribution in [0, 0.1) is 0 Å². The van der Waals surface area contributed by atoms with Crippen molar-refractivity contribution in [3.63, 3.8) is 0 Å². The first kappa shape index (κ1) is 10.4. The fourth-order valence-electron chi connectivity index (χ4n) is 0.718. The monoisotopic (exact) mass is 156 g/mol. The van der Waals surface area contributed by atoms with Crippen LogP contribution in [0.2, 0.25) is 0 Å². The van der Waals surface area contributed by atoms with E-state index < -0.39 is 0 Å². The van der Waals surface area contributed by atoms with Crippen molar-refractivity contribution in [2.75, 3.05) is 13.2 Å². The molecule has 0 spiro atoms. The van der Waals surface area contributed by atoms with Crippen LogP contribution in [0.25, 0.3) is 0 Å². The Morgan fingerprint density at radius 1 is 1.55 bits per heavy atom. The molecule has 0 rings (SSSR count). The second kappa shape index (κ2) is 6.10. The average Bonchev–Trinajstić information content (AvgIpc) is 1.86. The van der Waals surface area contributed by atoms with Crippen molar-refractivity contribution in [3.05, 3.63) is 12.2 Å². The molecule has 0 N–H and O–H groups in total. The number of Topliss-reactive ketones (excluding diaryl/α,β-unsaturated/α-hetero) is 1. The topological polar surface area (TPSA) is 26.3 Å². The summed E-state index contributed by atoms with van der Waals surface area (Å²) in [5.74, 6) is 0.117. The van der Waals surface area contributed by atoms with Crippen LogP contribution in [-0.2, 0) is 9.53 Å². The Bertz CT molecular complexity index is 138. The number of carbonyl (C=O) groups is 1. The summed E-state index contributed by atoms with van der Waals surface area (Å²) in [5.41, 5.74) is 0.898. The maximum absolute atomic E-state index is 10.9. The van der Waals surface area contributed by atoms with Crippen molar-refractivity contribution >= 4 is 5.78 Å². The molecule has 0 heterocycles. The summed E-state index contributed by atoms with van der Waals surface area (Å²) < 4.78 is 5.05. The SMILES string of the molecule is C=C(C)CC(=O)COCCC. The quantitative estimate of drug-likeness (QED) is 0.434. The molecule has 0 aromatic rings. The number of allylic oxidation sites excluding steroid dienone is 1. The molecule has 0 aromatic heterocycles. The van der Waals surface area contributed by atoms with Gasteiger partial charge in [0.15, 0.2) is 5.78 Å². The number of carbonyl (C=O) groups excluding carboxylic acids is 1. The predicted molar refractivity (Wildman–Crippen MR) is 45.5 cm³/mol. The maximum Gasteiger partial charge on any atom is 0.162 e. The van der Waals surface area contributed by atoms with Gasteiger partial charge in [-0.2, -0.15) is 0 Å². The summed E-state index contributed by atoms with van der Waals surface area (Å²) in [4.78, 5) is 10.9. The molecule has 64 valence electrons. The van der Waals surface area contributed by atoms with Gasteiger partial charge in [0.2, 0.25) is 0 Å². The minimum absolute atomic E-state index is 0.117. The average molecular weight is 156 g/mol. The Morgan fingerprint density at radius 3 is 2.64 bits per heavy atom. The van der Waals surface area contributed by atoms with E-state index in [4.69, 9.17) is 4.74 Å². The van der Waals surface area contributed by atoms with E-state index in [1.54, 1.807) is 0 Å². The smallest absolute Gasteiger partial charge is 0.162 e. The van der Waals surface area contributed by atoms with Crippen molar-refractivity contribution < 1.29 is 9.53 Å². The third kappa shape index (κ3) is 7.26. The van der Waals surface area contributed by atoms with Crippen LogP contribution in [0.1, 0.15) is 26.7 Å². The molecule has 0 aliphatic rings. The van der Waals surface area contributed by atoms with Crippen molar-refractivity contribution in [2.24, 2.45) is 0 Å². The minimum Gasteiger partial charge on any atom is -0.374 e. The molecule has 0 aromatic carbocycles. The lowest BCUT2D eigenvalue weighted by molar-refractivity contribution is -0.122. The number of ether oxygens (including phenoxy) is 1. The highest BCUT2D eigenvalue weighted by Crippen LogP contribution is 1.96. The second-order valence-electron chi connectivity index (χ2n) is 2.73. The molecule has 0 aliphatic carbocycles. The van der Waals surface area contributed by atoms with E-state index >= 15 is 0 Å². The van der Waals surface area contributed by atoms with Crippen LogP contribution in [-0.4, -0.2) is 19.0 Å². The predicted octanol–water partition coefficient (Wildman–Crippen LogP) is 1.95. The van der Waals surface area contributed by atoms with E-state index in [-0.39, 0.29) is 12.4 Å². The van der Waals surface area contributed by atoms with Gasteiger partial charge in [-0.05, 0) is 13.3 Å². The van der Waals surface area contributed by atoms with E-state index in [0.29, 0.717) is 13.0 Å². The fraction of sp³-hybridized carbons (Fsp3) is 0.667.